The van der Waals surface area contributed by atoms with Gasteiger partial charge >= 0.3 is 0 Å². The highest BCUT2D eigenvalue weighted by Gasteiger charge is 2.45. The van der Waals surface area contributed by atoms with Crippen LogP contribution in [0.3, 0.4) is 0 Å². The molecule has 5 nitrogen and oxygen atoms in total. The number of rotatable bonds is 1. The fourth-order valence-corrected chi connectivity index (χ4v) is 3.41. The Morgan fingerprint density at radius 1 is 1.33 bits per heavy atom. The van der Waals surface area contributed by atoms with Gasteiger partial charge in [0.15, 0.2) is 0 Å². The summed E-state index contributed by atoms with van der Waals surface area (Å²) >= 11 is 0. The molecule has 2 saturated heterocycles. The van der Waals surface area contributed by atoms with Crippen LogP contribution in [0.1, 0.15) is 43.1 Å². The van der Waals surface area contributed by atoms with Crippen molar-refractivity contribution in [3.05, 3.63) is 30.1 Å². The zero-order valence-corrected chi connectivity index (χ0v) is 12.4. The molecule has 0 aliphatic carbocycles. The van der Waals surface area contributed by atoms with E-state index in [1.165, 1.54) is 0 Å². The normalized spacial score (nSPS) is 28.6. The minimum atomic E-state index is -0.647. The van der Waals surface area contributed by atoms with Crippen molar-refractivity contribution in [3.63, 3.8) is 0 Å². The van der Waals surface area contributed by atoms with E-state index in [9.17, 15) is 9.90 Å². The SMILES string of the molecule is CC1(O)CCOC2(CCN(C(=O)c3ccccn3)CC2)C1. The first-order chi connectivity index (χ1) is 10.00. The van der Waals surface area contributed by atoms with E-state index in [4.69, 9.17) is 4.74 Å². The molecule has 1 aromatic rings. The number of carbonyl (C=O) groups is 1. The van der Waals surface area contributed by atoms with Gasteiger partial charge < -0.3 is 14.7 Å². The van der Waals surface area contributed by atoms with Crippen LogP contribution in [0.5, 0.6) is 0 Å². The topological polar surface area (TPSA) is 62.7 Å². The van der Waals surface area contributed by atoms with Gasteiger partial charge in [-0.3, -0.25) is 9.78 Å². The lowest BCUT2D eigenvalue weighted by Gasteiger charge is -2.48. The molecule has 3 rings (SSSR count). The number of pyridine rings is 1. The Kier molecular flexibility index (Phi) is 3.71. The fourth-order valence-electron chi connectivity index (χ4n) is 3.41. The number of nitrogens with zero attached hydrogens (tertiary/aromatic N) is 2. The van der Waals surface area contributed by atoms with Gasteiger partial charge in [-0.15, -0.1) is 0 Å². The van der Waals surface area contributed by atoms with Crippen molar-refractivity contribution in [1.82, 2.24) is 9.88 Å². The van der Waals surface area contributed by atoms with Crippen molar-refractivity contribution in [1.29, 1.82) is 0 Å². The number of hydrogen-bond donors (Lipinski definition) is 1. The number of hydrogen-bond acceptors (Lipinski definition) is 4. The van der Waals surface area contributed by atoms with Gasteiger partial charge in [0, 0.05) is 25.7 Å². The van der Waals surface area contributed by atoms with Gasteiger partial charge in [0.25, 0.3) is 5.91 Å². The Balaban J connectivity index is 1.64. The molecule has 1 N–H and O–H groups in total. The van der Waals surface area contributed by atoms with Gasteiger partial charge in [-0.05, 0) is 38.3 Å². The van der Waals surface area contributed by atoms with Gasteiger partial charge in [-0.1, -0.05) is 6.07 Å². The Labute approximate surface area is 124 Å². The van der Waals surface area contributed by atoms with Crippen LogP contribution in [0, 0.1) is 0 Å². The average Bonchev–Trinajstić information content (AvgIpc) is 2.47. The first-order valence-corrected chi connectivity index (χ1v) is 7.56. The standard InChI is InChI=1S/C16H22N2O3/c1-15(20)7-11-21-16(12-15)5-9-18(10-6-16)14(19)13-4-2-3-8-17-13/h2-4,8,20H,5-7,9-12H2,1H3. The van der Waals surface area contributed by atoms with E-state index in [0.717, 1.165) is 12.8 Å². The van der Waals surface area contributed by atoms with E-state index in [1.54, 1.807) is 18.3 Å². The first kappa shape index (κ1) is 14.5. The van der Waals surface area contributed by atoms with E-state index in [0.29, 0.717) is 38.2 Å². The molecule has 0 bridgehead atoms. The number of amides is 1. The Bertz CT molecular complexity index is 508. The van der Waals surface area contributed by atoms with Crippen LogP contribution in [0.4, 0.5) is 0 Å². The third-order valence-electron chi connectivity index (χ3n) is 4.60. The highest BCUT2D eigenvalue weighted by molar-refractivity contribution is 5.92. The number of likely N-dealkylation sites (tertiary alicyclic amines) is 1. The molecule has 3 heterocycles. The molecule has 0 saturated carbocycles. The van der Waals surface area contributed by atoms with Gasteiger partial charge in [-0.2, -0.15) is 0 Å². The Hall–Kier alpha value is -1.46. The van der Waals surface area contributed by atoms with Crippen molar-refractivity contribution in [2.45, 2.75) is 43.8 Å². The molecule has 2 aliphatic heterocycles. The second kappa shape index (κ2) is 5.39. The summed E-state index contributed by atoms with van der Waals surface area (Å²) < 4.78 is 5.96. The maximum Gasteiger partial charge on any atom is 0.272 e. The van der Waals surface area contributed by atoms with E-state index >= 15 is 0 Å². The summed E-state index contributed by atoms with van der Waals surface area (Å²) in [7, 11) is 0. The summed E-state index contributed by atoms with van der Waals surface area (Å²) in [6.45, 7) is 3.79. The molecule has 5 heteroatoms. The average molecular weight is 290 g/mol. The van der Waals surface area contributed by atoms with E-state index in [1.807, 2.05) is 17.9 Å². The molecule has 1 atom stereocenters. The molecule has 0 radical (unpaired) electrons. The third kappa shape index (κ3) is 3.09. The van der Waals surface area contributed by atoms with Crippen molar-refractivity contribution < 1.29 is 14.6 Å². The molecular weight excluding hydrogens is 268 g/mol. The predicted octanol–water partition coefficient (Wildman–Crippen LogP) is 1.62. The molecular formula is C16H22N2O3. The summed E-state index contributed by atoms with van der Waals surface area (Å²) in [5.74, 6) is -0.0204. The van der Waals surface area contributed by atoms with Crippen LogP contribution in [-0.4, -0.2) is 51.8 Å². The van der Waals surface area contributed by atoms with Crippen LogP contribution in [-0.2, 0) is 4.74 Å². The van der Waals surface area contributed by atoms with Gasteiger partial charge in [0.2, 0.25) is 0 Å². The molecule has 0 aromatic carbocycles. The molecule has 1 unspecified atom stereocenters. The monoisotopic (exact) mass is 290 g/mol. The van der Waals surface area contributed by atoms with Crippen molar-refractivity contribution >= 4 is 5.91 Å². The summed E-state index contributed by atoms with van der Waals surface area (Å²) in [5.41, 5.74) is -0.418. The largest absolute Gasteiger partial charge is 0.390 e. The number of piperidine rings is 1. The number of aromatic nitrogens is 1. The third-order valence-corrected chi connectivity index (χ3v) is 4.60. The highest BCUT2D eigenvalue weighted by Crippen LogP contribution is 2.39. The highest BCUT2D eigenvalue weighted by atomic mass is 16.5. The second-order valence-electron chi connectivity index (χ2n) is 6.46. The van der Waals surface area contributed by atoms with Crippen LogP contribution < -0.4 is 0 Å². The molecule has 1 amide bonds. The molecule has 21 heavy (non-hydrogen) atoms. The minimum Gasteiger partial charge on any atom is -0.390 e. The van der Waals surface area contributed by atoms with Crippen molar-refractivity contribution in [2.75, 3.05) is 19.7 Å². The van der Waals surface area contributed by atoms with E-state index in [2.05, 4.69) is 4.98 Å². The smallest absolute Gasteiger partial charge is 0.272 e. The molecule has 1 aromatic heterocycles. The number of carbonyl (C=O) groups excluding carboxylic acids is 1. The fraction of sp³-hybridized carbons (Fsp3) is 0.625. The summed E-state index contributed by atoms with van der Waals surface area (Å²) in [5, 5.41) is 10.3. The molecule has 114 valence electrons. The quantitative estimate of drug-likeness (QED) is 0.853. The zero-order valence-electron chi connectivity index (χ0n) is 12.4. The molecule has 2 fully saturated rings. The Morgan fingerprint density at radius 3 is 2.71 bits per heavy atom. The first-order valence-electron chi connectivity index (χ1n) is 7.56. The summed E-state index contributed by atoms with van der Waals surface area (Å²) in [4.78, 5) is 18.3. The lowest BCUT2D eigenvalue weighted by molar-refractivity contribution is -0.170. The van der Waals surface area contributed by atoms with Crippen molar-refractivity contribution in [3.8, 4) is 0 Å². The van der Waals surface area contributed by atoms with Gasteiger partial charge in [-0.25, -0.2) is 0 Å². The van der Waals surface area contributed by atoms with E-state index in [-0.39, 0.29) is 11.5 Å². The molecule has 1 spiro atoms. The summed E-state index contributed by atoms with van der Waals surface area (Å²) in [6, 6.07) is 5.38. The minimum absolute atomic E-state index is 0.0204. The Morgan fingerprint density at radius 2 is 2.10 bits per heavy atom. The van der Waals surface area contributed by atoms with Crippen LogP contribution in [0.25, 0.3) is 0 Å². The summed E-state index contributed by atoms with van der Waals surface area (Å²) in [6.07, 6.45) is 4.54. The van der Waals surface area contributed by atoms with Crippen LogP contribution in [0.2, 0.25) is 0 Å². The van der Waals surface area contributed by atoms with Crippen LogP contribution in [0.15, 0.2) is 24.4 Å². The molecule has 2 aliphatic rings. The maximum absolute atomic E-state index is 12.4. The van der Waals surface area contributed by atoms with Gasteiger partial charge in [0.1, 0.15) is 5.69 Å². The predicted molar refractivity (Wildman–Crippen MR) is 77.9 cm³/mol. The second-order valence-corrected chi connectivity index (χ2v) is 6.46. The van der Waals surface area contributed by atoms with Crippen LogP contribution >= 0.6 is 0 Å². The lowest BCUT2D eigenvalue weighted by Crippen LogP contribution is -2.54. The van der Waals surface area contributed by atoms with Crippen molar-refractivity contribution in [2.24, 2.45) is 0 Å². The number of aliphatic hydroxyl groups is 1. The maximum atomic E-state index is 12.4. The van der Waals surface area contributed by atoms with Gasteiger partial charge in [0.05, 0.1) is 17.8 Å². The number of ether oxygens (including phenoxy) is 1. The van der Waals surface area contributed by atoms with E-state index < -0.39 is 5.60 Å². The lowest BCUT2D eigenvalue weighted by atomic mass is 9.78. The zero-order chi connectivity index (χ0) is 14.9.